The van der Waals surface area contributed by atoms with Crippen LogP contribution in [0.4, 0.5) is 0 Å². The number of carbonyl (C=O) groups is 2. The van der Waals surface area contributed by atoms with Crippen LogP contribution in [0.25, 0.3) is 22.3 Å². The van der Waals surface area contributed by atoms with Crippen LogP contribution >= 0.6 is 0 Å². The maximum absolute atomic E-state index is 14.1. The summed E-state index contributed by atoms with van der Waals surface area (Å²) in [6.07, 6.45) is 5.70. The van der Waals surface area contributed by atoms with Crippen molar-refractivity contribution in [1.82, 2.24) is 44.6 Å². The van der Waals surface area contributed by atoms with Crippen LogP contribution in [-0.4, -0.2) is 122 Å². The largest absolute Gasteiger partial charge is 0.343 e. The zero-order valence-corrected chi connectivity index (χ0v) is 27.2. The molecule has 5 heterocycles. The van der Waals surface area contributed by atoms with Gasteiger partial charge in [-0.3, -0.25) is 24.6 Å². The molecule has 3 fully saturated rings. The number of piperidine rings is 2. The molecule has 12 nitrogen and oxygen atoms in total. The Morgan fingerprint density at radius 1 is 0.872 bits per heavy atom. The molecule has 2 N–H and O–H groups in total. The molecular formula is C35H45N9O3. The van der Waals surface area contributed by atoms with Crippen molar-refractivity contribution in [2.45, 2.75) is 50.6 Å². The number of nitrogens with one attached hydrogen (secondary N) is 2. The van der Waals surface area contributed by atoms with Gasteiger partial charge in [0.25, 0.3) is 0 Å². The highest BCUT2D eigenvalue weighted by Gasteiger charge is 2.34. The smallest absolute Gasteiger partial charge is 0.343 e. The minimum absolute atomic E-state index is 0.00198. The van der Waals surface area contributed by atoms with Crippen molar-refractivity contribution in [2.24, 2.45) is 5.92 Å². The number of likely N-dealkylation sites (N-methyl/N-ethyl adjacent to an activating group) is 1. The van der Waals surface area contributed by atoms with E-state index in [9.17, 15) is 14.4 Å². The van der Waals surface area contributed by atoms with Gasteiger partial charge >= 0.3 is 5.69 Å². The van der Waals surface area contributed by atoms with E-state index in [1.165, 1.54) is 4.68 Å². The summed E-state index contributed by atoms with van der Waals surface area (Å²) < 4.78 is 1.54. The Bertz CT molecular complexity index is 1720. The van der Waals surface area contributed by atoms with Crippen LogP contribution in [0.5, 0.6) is 0 Å². The van der Waals surface area contributed by atoms with Crippen LogP contribution in [0.15, 0.2) is 59.5 Å². The van der Waals surface area contributed by atoms with Gasteiger partial charge in [-0.15, -0.1) is 5.10 Å². The van der Waals surface area contributed by atoms with Gasteiger partial charge in [-0.05, 0) is 56.8 Å². The van der Waals surface area contributed by atoms with Gasteiger partial charge in [0.05, 0.1) is 23.7 Å². The van der Waals surface area contributed by atoms with E-state index >= 15 is 0 Å². The van der Waals surface area contributed by atoms with E-state index in [1.807, 2.05) is 52.3 Å². The summed E-state index contributed by atoms with van der Waals surface area (Å²) in [5.74, 6) is 0.190. The first-order chi connectivity index (χ1) is 22.9. The molecule has 7 rings (SSSR count). The third-order valence-electron chi connectivity index (χ3n) is 10.4. The highest BCUT2D eigenvalue weighted by molar-refractivity contribution is 5.86. The number of carbonyl (C=O) groups excluding carboxylic acids is 2. The van der Waals surface area contributed by atoms with E-state index in [0.29, 0.717) is 44.2 Å². The standard InChI is InChI=1S/C35H45N9O3/c1-40-17-19-41(20-18-40)29-9-15-43(16-10-29)34(46)27(21-25-7-8-31-28(22-25)24-36-38-31)23-32(45)42-13-11-30(12-14-42)44-35(47)37-33(39-44)26-5-3-2-4-6-26/h2-8,22,24,27,29-30H,9-21,23H2,1H3,(H,36,38)(H,37,39,47). The summed E-state index contributed by atoms with van der Waals surface area (Å²) in [5, 5.41) is 12.7. The number of piperazine rings is 1. The molecule has 2 amide bonds. The van der Waals surface area contributed by atoms with Crippen LogP contribution in [0.1, 0.15) is 43.7 Å². The van der Waals surface area contributed by atoms with E-state index in [-0.39, 0.29) is 30.0 Å². The molecule has 4 aromatic rings. The van der Waals surface area contributed by atoms with Gasteiger partial charge in [-0.2, -0.15) is 5.10 Å². The predicted molar refractivity (Wildman–Crippen MR) is 180 cm³/mol. The van der Waals surface area contributed by atoms with E-state index in [4.69, 9.17) is 0 Å². The molecule has 3 aliphatic rings. The molecule has 1 unspecified atom stereocenters. The number of benzene rings is 2. The number of nitrogens with zero attached hydrogens (tertiary/aromatic N) is 7. The molecule has 2 aromatic heterocycles. The van der Waals surface area contributed by atoms with Gasteiger partial charge in [-0.1, -0.05) is 36.4 Å². The van der Waals surface area contributed by atoms with Crippen molar-refractivity contribution in [3.8, 4) is 11.4 Å². The number of amides is 2. The highest BCUT2D eigenvalue weighted by atomic mass is 16.2. The molecule has 0 bridgehead atoms. The molecule has 0 radical (unpaired) electrons. The van der Waals surface area contributed by atoms with Crippen molar-refractivity contribution in [1.29, 1.82) is 0 Å². The maximum Gasteiger partial charge on any atom is 0.343 e. The van der Waals surface area contributed by atoms with Gasteiger partial charge in [0.15, 0.2) is 5.82 Å². The van der Waals surface area contributed by atoms with Crippen molar-refractivity contribution in [3.05, 3.63) is 70.8 Å². The molecule has 248 valence electrons. The molecule has 3 aliphatic heterocycles. The number of hydrogen-bond acceptors (Lipinski definition) is 7. The van der Waals surface area contributed by atoms with Gasteiger partial charge in [0.1, 0.15) is 0 Å². The quantitative estimate of drug-likeness (QED) is 0.304. The van der Waals surface area contributed by atoms with E-state index < -0.39 is 5.92 Å². The molecule has 2 aromatic carbocycles. The number of H-pyrrole nitrogens is 2. The van der Waals surface area contributed by atoms with E-state index in [0.717, 1.165) is 74.1 Å². The number of aromatic amines is 2. The normalized spacial score (nSPS) is 19.8. The summed E-state index contributed by atoms with van der Waals surface area (Å²) in [6, 6.07) is 16.1. The monoisotopic (exact) mass is 639 g/mol. The average Bonchev–Trinajstić information content (AvgIpc) is 3.75. The number of rotatable bonds is 8. The van der Waals surface area contributed by atoms with Crippen molar-refractivity contribution in [2.75, 3.05) is 59.4 Å². The summed E-state index contributed by atoms with van der Waals surface area (Å²) in [7, 11) is 2.18. The number of fused-ring (bicyclic) bond motifs is 1. The molecule has 0 spiro atoms. The molecular weight excluding hydrogens is 594 g/mol. The van der Waals surface area contributed by atoms with Gasteiger partial charge < -0.3 is 14.7 Å². The number of aromatic nitrogens is 5. The highest BCUT2D eigenvalue weighted by Crippen LogP contribution is 2.27. The SMILES string of the molecule is CN1CCN(C2CCN(C(=O)C(CC(=O)N3CCC(n4nc(-c5ccccc5)[nH]c4=O)CC3)Cc3ccc4[nH]ncc4c3)CC2)CC1. The first-order valence-corrected chi connectivity index (χ1v) is 17.1. The first-order valence-electron chi connectivity index (χ1n) is 17.1. The number of likely N-dealkylation sites (tertiary alicyclic amines) is 2. The molecule has 0 aliphatic carbocycles. The Labute approximate surface area is 274 Å². The van der Waals surface area contributed by atoms with Crippen LogP contribution < -0.4 is 5.69 Å². The molecule has 3 saturated heterocycles. The topological polar surface area (TPSA) is 126 Å². The Balaban J connectivity index is 1.000. The Hall–Kier alpha value is -4.29. The van der Waals surface area contributed by atoms with Crippen molar-refractivity contribution in [3.63, 3.8) is 0 Å². The van der Waals surface area contributed by atoms with Gasteiger partial charge in [0.2, 0.25) is 11.8 Å². The average molecular weight is 640 g/mol. The van der Waals surface area contributed by atoms with E-state index in [1.54, 1.807) is 6.20 Å². The third kappa shape index (κ3) is 7.03. The third-order valence-corrected chi connectivity index (χ3v) is 10.4. The van der Waals surface area contributed by atoms with Gasteiger partial charge in [0, 0.05) is 75.8 Å². The van der Waals surface area contributed by atoms with E-state index in [2.05, 4.69) is 43.2 Å². The second kappa shape index (κ2) is 13.8. The number of hydrogen-bond donors (Lipinski definition) is 2. The Kier molecular flexibility index (Phi) is 9.21. The zero-order valence-electron chi connectivity index (χ0n) is 27.2. The zero-order chi connectivity index (χ0) is 32.3. The Morgan fingerprint density at radius 2 is 1.57 bits per heavy atom. The summed E-state index contributed by atoms with van der Waals surface area (Å²) >= 11 is 0. The summed E-state index contributed by atoms with van der Waals surface area (Å²) in [6.45, 7) is 6.88. The fourth-order valence-corrected chi connectivity index (χ4v) is 7.56. The lowest BCUT2D eigenvalue weighted by molar-refractivity contribution is -0.143. The maximum atomic E-state index is 14.1. The lowest BCUT2D eigenvalue weighted by atomic mass is 9.91. The second-order valence-corrected chi connectivity index (χ2v) is 13.5. The minimum Gasteiger partial charge on any atom is -0.343 e. The van der Waals surface area contributed by atoms with Gasteiger partial charge in [-0.25, -0.2) is 9.48 Å². The Morgan fingerprint density at radius 3 is 2.32 bits per heavy atom. The predicted octanol–water partition coefficient (Wildman–Crippen LogP) is 2.77. The summed E-state index contributed by atoms with van der Waals surface area (Å²) in [5.41, 5.74) is 2.61. The molecule has 12 heteroatoms. The van der Waals surface area contributed by atoms with Crippen molar-refractivity contribution < 1.29 is 9.59 Å². The lowest BCUT2D eigenvalue weighted by Crippen LogP contribution is -2.53. The fourth-order valence-electron chi connectivity index (χ4n) is 7.56. The molecule has 47 heavy (non-hydrogen) atoms. The molecule has 1 atom stereocenters. The summed E-state index contributed by atoms with van der Waals surface area (Å²) in [4.78, 5) is 52.4. The first kappa shape index (κ1) is 31.3. The van der Waals surface area contributed by atoms with Crippen molar-refractivity contribution >= 4 is 22.7 Å². The van der Waals surface area contributed by atoms with Crippen LogP contribution in [0, 0.1) is 5.92 Å². The van der Waals surface area contributed by atoms with Crippen LogP contribution in [0.3, 0.4) is 0 Å². The van der Waals surface area contributed by atoms with Crippen LogP contribution in [-0.2, 0) is 16.0 Å². The second-order valence-electron chi connectivity index (χ2n) is 13.5. The molecule has 0 saturated carbocycles. The fraction of sp³-hybridized carbons (Fsp3) is 0.514. The van der Waals surface area contributed by atoms with Crippen LogP contribution in [0.2, 0.25) is 0 Å². The minimum atomic E-state index is -0.438. The lowest BCUT2D eigenvalue weighted by Gasteiger charge is -2.42.